The van der Waals surface area contributed by atoms with Crippen molar-refractivity contribution in [3.05, 3.63) is 0 Å². The van der Waals surface area contributed by atoms with Crippen LogP contribution in [0.3, 0.4) is 0 Å². The van der Waals surface area contributed by atoms with Crippen LogP contribution in [-0.4, -0.2) is 158 Å². The molecule has 0 atom stereocenters. The van der Waals surface area contributed by atoms with Gasteiger partial charge in [0.15, 0.2) is 0 Å². The van der Waals surface area contributed by atoms with E-state index in [2.05, 4.69) is 19.2 Å². The van der Waals surface area contributed by atoms with Crippen molar-refractivity contribution in [1.82, 2.24) is 5.32 Å². The zero-order valence-electron chi connectivity index (χ0n) is 26.4. The van der Waals surface area contributed by atoms with Crippen LogP contribution in [0.1, 0.15) is 26.7 Å². The summed E-state index contributed by atoms with van der Waals surface area (Å²) in [5, 5.41) is 3.41. The predicted octanol–water partition coefficient (Wildman–Crippen LogP) is 2.00. The first-order chi connectivity index (χ1) is 20.2. The van der Waals surface area contributed by atoms with Gasteiger partial charge in [-0.2, -0.15) is 0 Å². The molecule has 0 amide bonds. The minimum absolute atomic E-state index is 0. The Bertz CT molecular complexity index is 532. The summed E-state index contributed by atoms with van der Waals surface area (Å²) in [5.74, 6) is 0.509. The molecule has 12 nitrogen and oxygen atoms in total. The molecule has 0 radical (unpaired) electrons. The minimum Gasteiger partial charge on any atom is -0.382 e. The second kappa shape index (κ2) is 32.2. The van der Waals surface area contributed by atoms with E-state index >= 15 is 0 Å². The molecule has 1 saturated heterocycles. The van der Waals surface area contributed by atoms with E-state index in [1.807, 2.05) is 0 Å². The molecule has 0 saturated carbocycles. The summed E-state index contributed by atoms with van der Waals surface area (Å²) >= 11 is 0. The van der Waals surface area contributed by atoms with Crippen LogP contribution in [0.4, 0.5) is 0 Å². The van der Waals surface area contributed by atoms with Crippen molar-refractivity contribution in [2.24, 2.45) is 5.92 Å². The minimum atomic E-state index is -0.0114. The monoisotopic (exact) mass is 633 g/mol. The van der Waals surface area contributed by atoms with Gasteiger partial charge in [0.25, 0.3) is 0 Å². The van der Waals surface area contributed by atoms with E-state index in [-0.39, 0.29) is 18.0 Å². The summed E-state index contributed by atoms with van der Waals surface area (Å²) in [6, 6.07) is 0. The summed E-state index contributed by atoms with van der Waals surface area (Å²) in [7, 11) is 1.65. The van der Waals surface area contributed by atoms with Crippen LogP contribution < -0.4 is 5.32 Å². The normalized spacial score (nSPS) is 14.9. The highest BCUT2D eigenvalue weighted by atomic mass is 35.5. The molecule has 254 valence electrons. The van der Waals surface area contributed by atoms with Crippen LogP contribution in [0, 0.1) is 5.92 Å². The van der Waals surface area contributed by atoms with Gasteiger partial charge in [0.2, 0.25) is 0 Å². The number of nitrogens with one attached hydrogen (secondary N) is 1. The third kappa shape index (κ3) is 25.2. The first-order valence-electron chi connectivity index (χ1n) is 15.2. The Morgan fingerprint density at radius 3 is 0.976 bits per heavy atom. The fraction of sp³-hybridized carbons (Fsp3) is 1.00. The third-order valence-electron chi connectivity index (χ3n) is 6.53. The second-order valence-electron chi connectivity index (χ2n) is 9.82. The maximum atomic E-state index is 6.23. The number of hydrogen-bond acceptors (Lipinski definition) is 12. The van der Waals surface area contributed by atoms with E-state index < -0.39 is 0 Å². The van der Waals surface area contributed by atoms with Gasteiger partial charge in [-0.05, 0) is 31.8 Å². The third-order valence-corrected chi connectivity index (χ3v) is 6.53. The van der Waals surface area contributed by atoms with E-state index in [1.54, 1.807) is 7.11 Å². The number of ether oxygens (including phenoxy) is 11. The van der Waals surface area contributed by atoms with Crippen molar-refractivity contribution >= 4 is 12.4 Å². The lowest BCUT2D eigenvalue weighted by Crippen LogP contribution is -2.48. The molecular formula is C29H60ClNO11. The van der Waals surface area contributed by atoms with Gasteiger partial charge in [-0.25, -0.2) is 0 Å². The van der Waals surface area contributed by atoms with Gasteiger partial charge < -0.3 is 57.4 Å². The maximum Gasteiger partial charge on any atom is 0.0730 e. The Balaban J connectivity index is 0.0000168. The molecule has 0 unspecified atom stereocenters. The molecule has 1 aliphatic rings. The van der Waals surface area contributed by atoms with E-state index in [9.17, 15) is 0 Å². The summed E-state index contributed by atoms with van der Waals surface area (Å²) in [6.07, 6.45) is 2.12. The second-order valence-corrected chi connectivity index (χ2v) is 9.82. The molecule has 13 heteroatoms. The Kier molecular flexibility index (Phi) is 32.1. The van der Waals surface area contributed by atoms with E-state index in [0.717, 1.165) is 25.9 Å². The molecule has 1 heterocycles. The van der Waals surface area contributed by atoms with E-state index in [0.29, 0.717) is 138 Å². The first-order valence-corrected chi connectivity index (χ1v) is 15.2. The van der Waals surface area contributed by atoms with Crippen molar-refractivity contribution in [2.45, 2.75) is 32.3 Å². The van der Waals surface area contributed by atoms with Crippen molar-refractivity contribution in [3.63, 3.8) is 0 Å². The fourth-order valence-corrected chi connectivity index (χ4v) is 4.05. The fourth-order valence-electron chi connectivity index (χ4n) is 4.05. The molecule has 1 fully saturated rings. The topological polar surface area (TPSA) is 114 Å². The number of rotatable bonds is 32. The summed E-state index contributed by atoms with van der Waals surface area (Å²) in [6.45, 7) is 17.5. The van der Waals surface area contributed by atoms with Crippen molar-refractivity contribution in [2.75, 3.05) is 152 Å². The van der Waals surface area contributed by atoms with Crippen LogP contribution in [0.5, 0.6) is 0 Å². The molecular weight excluding hydrogens is 574 g/mol. The zero-order valence-corrected chi connectivity index (χ0v) is 27.3. The molecule has 0 aromatic carbocycles. The van der Waals surface area contributed by atoms with Gasteiger partial charge in [-0.1, -0.05) is 13.8 Å². The lowest BCUT2D eigenvalue weighted by atomic mass is 9.82. The molecule has 0 aromatic heterocycles. The lowest BCUT2D eigenvalue weighted by Gasteiger charge is -2.41. The first kappa shape index (κ1) is 41.8. The Hall–Kier alpha value is -0.190. The zero-order chi connectivity index (χ0) is 29.5. The van der Waals surface area contributed by atoms with Crippen LogP contribution in [0.15, 0.2) is 0 Å². The van der Waals surface area contributed by atoms with Crippen molar-refractivity contribution < 1.29 is 52.1 Å². The van der Waals surface area contributed by atoms with Crippen molar-refractivity contribution in [1.29, 1.82) is 0 Å². The molecule has 1 N–H and O–H groups in total. The standard InChI is InChI=1S/C29H59NO11.ClH/c1-28(2)29(4-6-30-7-5-29)41-27-26-40-25-24-39-23-22-38-21-20-37-19-18-36-17-16-35-15-14-34-13-12-33-11-10-32-9-8-31-3;/h28,30H,4-27H2,1-3H3;1H. The predicted molar refractivity (Wildman–Crippen MR) is 162 cm³/mol. The van der Waals surface area contributed by atoms with Gasteiger partial charge in [0.05, 0.1) is 138 Å². The van der Waals surface area contributed by atoms with Gasteiger partial charge in [0, 0.05) is 7.11 Å². The lowest BCUT2D eigenvalue weighted by molar-refractivity contribution is -0.113. The maximum absolute atomic E-state index is 6.23. The molecule has 1 rings (SSSR count). The Morgan fingerprint density at radius 1 is 0.452 bits per heavy atom. The van der Waals surface area contributed by atoms with Gasteiger partial charge in [0.1, 0.15) is 0 Å². The molecule has 0 aliphatic carbocycles. The van der Waals surface area contributed by atoms with Crippen LogP contribution in [0.25, 0.3) is 0 Å². The SMILES string of the molecule is COCCOCCOCCOCCOCCOCCOCCOCCOCCOCCOC1(C(C)C)CCNCC1.Cl. The van der Waals surface area contributed by atoms with Gasteiger partial charge >= 0.3 is 0 Å². The highest BCUT2D eigenvalue weighted by Crippen LogP contribution is 2.31. The molecule has 0 bridgehead atoms. The quantitative estimate of drug-likeness (QED) is 0.109. The highest BCUT2D eigenvalue weighted by Gasteiger charge is 2.35. The van der Waals surface area contributed by atoms with E-state index in [4.69, 9.17) is 52.1 Å². The largest absolute Gasteiger partial charge is 0.382 e. The molecule has 0 aromatic rings. The highest BCUT2D eigenvalue weighted by molar-refractivity contribution is 5.85. The summed E-state index contributed by atoms with van der Waals surface area (Å²) < 4.78 is 60.4. The number of methoxy groups -OCH3 is 1. The van der Waals surface area contributed by atoms with Crippen LogP contribution in [0.2, 0.25) is 0 Å². The summed E-state index contributed by atoms with van der Waals surface area (Å²) in [5.41, 5.74) is -0.0114. The van der Waals surface area contributed by atoms with Gasteiger partial charge in [-0.3, -0.25) is 0 Å². The molecule has 0 spiro atoms. The smallest absolute Gasteiger partial charge is 0.0730 e. The average molecular weight is 634 g/mol. The summed E-state index contributed by atoms with van der Waals surface area (Å²) in [4.78, 5) is 0. The molecule has 1 aliphatic heterocycles. The Labute approximate surface area is 260 Å². The van der Waals surface area contributed by atoms with Crippen LogP contribution >= 0.6 is 12.4 Å². The van der Waals surface area contributed by atoms with Crippen LogP contribution in [-0.2, 0) is 52.1 Å². The Morgan fingerprint density at radius 2 is 0.714 bits per heavy atom. The average Bonchev–Trinajstić information content (AvgIpc) is 2.98. The number of halogens is 1. The number of piperidine rings is 1. The van der Waals surface area contributed by atoms with Crippen molar-refractivity contribution in [3.8, 4) is 0 Å². The number of hydrogen-bond donors (Lipinski definition) is 1. The molecule has 42 heavy (non-hydrogen) atoms. The van der Waals surface area contributed by atoms with Gasteiger partial charge in [-0.15, -0.1) is 12.4 Å². The van der Waals surface area contributed by atoms with E-state index in [1.165, 1.54) is 0 Å².